The Morgan fingerprint density at radius 3 is 2.64 bits per heavy atom. The van der Waals surface area contributed by atoms with E-state index in [4.69, 9.17) is 13.8 Å². The van der Waals surface area contributed by atoms with E-state index in [-0.39, 0.29) is 18.5 Å². The summed E-state index contributed by atoms with van der Waals surface area (Å²) in [5.41, 5.74) is 0.784. The fourth-order valence-electron chi connectivity index (χ4n) is 2.12. The third-order valence-electron chi connectivity index (χ3n) is 3.37. The van der Waals surface area contributed by atoms with Gasteiger partial charge < -0.3 is 24.0 Å². The Balaban J connectivity index is 1.63. The minimum absolute atomic E-state index is 0.0240. The molecule has 0 aliphatic carbocycles. The lowest BCUT2D eigenvalue weighted by Crippen LogP contribution is -2.30. The van der Waals surface area contributed by atoms with Gasteiger partial charge >= 0.3 is 6.01 Å². The highest BCUT2D eigenvalue weighted by molar-refractivity contribution is 5.92. The maximum atomic E-state index is 12.0. The van der Waals surface area contributed by atoms with E-state index < -0.39 is 0 Å². The number of ether oxygens (including phenoxy) is 1. The number of methoxy groups -OCH3 is 1. The van der Waals surface area contributed by atoms with Crippen LogP contribution in [-0.2, 0) is 4.79 Å². The standard InChI is InChI=1S/C16H17N5O4/c1-10-8-13(19-24-10)17-14(22)9-21(2)16-18-15(20-25-16)11-4-6-12(23-3)7-5-11/h4-8H,9H2,1-3H3,(H,17,19,22). The van der Waals surface area contributed by atoms with E-state index in [2.05, 4.69) is 20.6 Å². The topological polar surface area (TPSA) is 107 Å². The molecule has 0 bridgehead atoms. The lowest BCUT2D eigenvalue weighted by atomic mass is 10.2. The van der Waals surface area contributed by atoms with Crippen LogP contribution in [0.5, 0.6) is 5.75 Å². The predicted octanol–water partition coefficient (Wildman–Crippen LogP) is 2.12. The summed E-state index contributed by atoms with van der Waals surface area (Å²) in [6, 6.07) is 9.13. The quantitative estimate of drug-likeness (QED) is 0.725. The van der Waals surface area contributed by atoms with Crippen molar-refractivity contribution in [2.75, 3.05) is 30.9 Å². The van der Waals surface area contributed by atoms with Gasteiger partial charge in [0, 0.05) is 18.7 Å². The fourth-order valence-corrected chi connectivity index (χ4v) is 2.12. The zero-order valence-corrected chi connectivity index (χ0v) is 14.0. The molecule has 0 radical (unpaired) electrons. The van der Waals surface area contributed by atoms with Crippen LogP contribution in [-0.4, -0.2) is 41.9 Å². The molecule has 3 rings (SSSR count). The van der Waals surface area contributed by atoms with Crippen molar-refractivity contribution < 1.29 is 18.6 Å². The van der Waals surface area contributed by atoms with E-state index in [9.17, 15) is 4.79 Å². The van der Waals surface area contributed by atoms with Gasteiger partial charge in [0.15, 0.2) is 5.82 Å². The van der Waals surface area contributed by atoms with Gasteiger partial charge in [0.05, 0.1) is 7.11 Å². The van der Waals surface area contributed by atoms with E-state index in [1.54, 1.807) is 32.0 Å². The Hall–Kier alpha value is -3.36. The van der Waals surface area contributed by atoms with Crippen LogP contribution in [0.3, 0.4) is 0 Å². The molecule has 25 heavy (non-hydrogen) atoms. The summed E-state index contributed by atoms with van der Waals surface area (Å²) >= 11 is 0. The van der Waals surface area contributed by atoms with Gasteiger partial charge in [-0.2, -0.15) is 4.98 Å². The third kappa shape index (κ3) is 3.94. The molecule has 0 fully saturated rings. The number of nitrogens with one attached hydrogen (secondary N) is 1. The first-order chi connectivity index (χ1) is 12.0. The molecule has 1 N–H and O–H groups in total. The van der Waals surface area contributed by atoms with Crippen molar-refractivity contribution in [1.82, 2.24) is 15.3 Å². The Labute approximate surface area is 143 Å². The largest absolute Gasteiger partial charge is 0.497 e. The molecule has 130 valence electrons. The van der Waals surface area contributed by atoms with E-state index in [1.165, 1.54) is 0 Å². The van der Waals surface area contributed by atoms with Crippen molar-refractivity contribution in [2.24, 2.45) is 0 Å². The first kappa shape index (κ1) is 16.5. The second-order valence-electron chi connectivity index (χ2n) is 5.36. The van der Waals surface area contributed by atoms with Crippen LogP contribution in [0.1, 0.15) is 5.76 Å². The van der Waals surface area contributed by atoms with Gasteiger partial charge in [0.2, 0.25) is 11.7 Å². The molecule has 0 spiro atoms. The first-order valence-corrected chi connectivity index (χ1v) is 7.47. The molecular formula is C16H17N5O4. The summed E-state index contributed by atoms with van der Waals surface area (Å²) in [5.74, 6) is 1.87. The zero-order chi connectivity index (χ0) is 17.8. The molecule has 9 heteroatoms. The number of likely N-dealkylation sites (N-methyl/N-ethyl adjacent to an activating group) is 1. The van der Waals surface area contributed by atoms with Crippen molar-refractivity contribution in [1.29, 1.82) is 0 Å². The SMILES string of the molecule is COc1ccc(-c2noc(N(C)CC(=O)Nc3cc(C)on3)n2)cc1. The number of benzene rings is 1. The average Bonchev–Trinajstić information content (AvgIpc) is 3.24. The number of rotatable bonds is 6. The molecule has 9 nitrogen and oxygen atoms in total. The summed E-state index contributed by atoms with van der Waals surface area (Å²) < 4.78 is 15.2. The molecule has 0 aliphatic heterocycles. The van der Waals surface area contributed by atoms with Crippen LogP contribution in [0.15, 0.2) is 39.4 Å². The van der Waals surface area contributed by atoms with Gasteiger partial charge in [-0.05, 0) is 31.2 Å². The van der Waals surface area contributed by atoms with Crippen LogP contribution in [0.25, 0.3) is 11.4 Å². The van der Waals surface area contributed by atoms with Gasteiger partial charge in [0.1, 0.15) is 18.1 Å². The van der Waals surface area contributed by atoms with Crippen molar-refractivity contribution in [3.8, 4) is 17.1 Å². The van der Waals surface area contributed by atoms with E-state index in [0.29, 0.717) is 17.4 Å². The molecule has 2 heterocycles. The number of nitrogens with zero attached hydrogens (tertiary/aromatic N) is 4. The van der Waals surface area contributed by atoms with Gasteiger partial charge in [-0.3, -0.25) is 4.79 Å². The smallest absolute Gasteiger partial charge is 0.324 e. The van der Waals surface area contributed by atoms with Crippen LogP contribution < -0.4 is 15.0 Å². The lowest BCUT2D eigenvalue weighted by Gasteiger charge is -2.12. The number of carbonyl (C=O) groups excluding carboxylic acids is 1. The fraction of sp³-hybridized carbons (Fsp3) is 0.250. The van der Waals surface area contributed by atoms with Crippen LogP contribution >= 0.6 is 0 Å². The minimum Gasteiger partial charge on any atom is -0.497 e. The van der Waals surface area contributed by atoms with E-state index in [0.717, 1.165) is 11.3 Å². The summed E-state index contributed by atoms with van der Waals surface area (Å²) in [6.07, 6.45) is 0. The van der Waals surface area contributed by atoms with Crippen LogP contribution in [0, 0.1) is 6.92 Å². The molecule has 0 saturated heterocycles. The molecule has 2 aromatic heterocycles. The number of carbonyl (C=O) groups is 1. The van der Waals surface area contributed by atoms with Crippen molar-refractivity contribution in [3.05, 3.63) is 36.1 Å². The second kappa shape index (κ2) is 7.04. The lowest BCUT2D eigenvalue weighted by molar-refractivity contribution is -0.115. The molecule has 0 aliphatic rings. The number of hydrogen-bond acceptors (Lipinski definition) is 8. The Morgan fingerprint density at radius 1 is 1.24 bits per heavy atom. The summed E-state index contributed by atoms with van der Waals surface area (Å²) in [4.78, 5) is 17.9. The third-order valence-corrected chi connectivity index (χ3v) is 3.37. The maximum Gasteiger partial charge on any atom is 0.324 e. The summed E-state index contributed by atoms with van der Waals surface area (Å²) in [5, 5.41) is 10.3. The number of amides is 1. The number of anilines is 2. The maximum absolute atomic E-state index is 12.0. The highest BCUT2D eigenvalue weighted by Gasteiger charge is 2.16. The molecule has 1 amide bonds. The second-order valence-corrected chi connectivity index (χ2v) is 5.36. The Kier molecular flexibility index (Phi) is 4.64. The summed E-state index contributed by atoms with van der Waals surface area (Å²) in [7, 11) is 3.28. The van der Waals surface area contributed by atoms with Gasteiger partial charge in [-0.1, -0.05) is 10.3 Å². The molecule has 1 aromatic carbocycles. The summed E-state index contributed by atoms with van der Waals surface area (Å²) in [6.45, 7) is 1.77. The average molecular weight is 343 g/mol. The van der Waals surface area contributed by atoms with Crippen molar-refractivity contribution in [3.63, 3.8) is 0 Å². The van der Waals surface area contributed by atoms with Gasteiger partial charge in [0.25, 0.3) is 0 Å². The van der Waals surface area contributed by atoms with Crippen molar-refractivity contribution >= 4 is 17.7 Å². The molecule has 0 saturated carbocycles. The van der Waals surface area contributed by atoms with Crippen molar-refractivity contribution in [2.45, 2.75) is 6.92 Å². The number of aromatic nitrogens is 3. The Morgan fingerprint density at radius 2 is 2.00 bits per heavy atom. The zero-order valence-electron chi connectivity index (χ0n) is 14.0. The van der Waals surface area contributed by atoms with E-state index in [1.807, 2.05) is 24.3 Å². The van der Waals surface area contributed by atoms with Crippen LogP contribution in [0.2, 0.25) is 0 Å². The minimum atomic E-state index is -0.278. The first-order valence-electron chi connectivity index (χ1n) is 7.47. The molecular weight excluding hydrogens is 326 g/mol. The molecule has 3 aromatic rings. The highest BCUT2D eigenvalue weighted by Crippen LogP contribution is 2.22. The Bertz CT molecular complexity index is 856. The number of aryl methyl sites for hydroxylation is 1. The number of hydrogen-bond donors (Lipinski definition) is 1. The highest BCUT2D eigenvalue weighted by atomic mass is 16.5. The molecule has 0 atom stereocenters. The van der Waals surface area contributed by atoms with Crippen LogP contribution in [0.4, 0.5) is 11.8 Å². The van der Waals surface area contributed by atoms with Gasteiger partial charge in [-0.25, -0.2) is 0 Å². The van der Waals surface area contributed by atoms with E-state index >= 15 is 0 Å². The monoisotopic (exact) mass is 343 g/mol. The molecule has 0 unspecified atom stereocenters. The predicted molar refractivity (Wildman–Crippen MR) is 89.4 cm³/mol. The normalized spacial score (nSPS) is 10.5. The van der Waals surface area contributed by atoms with Gasteiger partial charge in [-0.15, -0.1) is 0 Å².